The molecular weight excluding hydrogens is 136 g/mol. The van der Waals surface area contributed by atoms with E-state index in [1.807, 2.05) is 0 Å². The van der Waals surface area contributed by atoms with E-state index < -0.39 is 0 Å². The van der Waals surface area contributed by atoms with E-state index in [4.69, 9.17) is 4.74 Å². The van der Waals surface area contributed by atoms with Crippen LogP contribution in [0.2, 0.25) is 0 Å². The van der Waals surface area contributed by atoms with Crippen molar-refractivity contribution in [3.05, 3.63) is 12.2 Å². The van der Waals surface area contributed by atoms with Crippen LogP contribution in [0.25, 0.3) is 0 Å². The molecule has 1 rings (SSSR count). The maximum absolute atomic E-state index is 5.28. The SMILES string of the molecule is CC/C=C/CC1CCOCC1. The molecule has 0 saturated carbocycles. The Morgan fingerprint density at radius 2 is 2.00 bits per heavy atom. The van der Waals surface area contributed by atoms with Crippen molar-refractivity contribution in [1.29, 1.82) is 0 Å². The molecule has 0 N–H and O–H groups in total. The molecule has 1 nitrogen and oxygen atoms in total. The lowest BCUT2D eigenvalue weighted by molar-refractivity contribution is 0.0672. The van der Waals surface area contributed by atoms with E-state index in [1.54, 1.807) is 0 Å². The highest BCUT2D eigenvalue weighted by Gasteiger charge is 2.11. The van der Waals surface area contributed by atoms with Crippen LogP contribution in [0, 0.1) is 5.92 Å². The molecule has 1 aliphatic rings. The van der Waals surface area contributed by atoms with Gasteiger partial charge in [0.2, 0.25) is 0 Å². The van der Waals surface area contributed by atoms with E-state index in [1.165, 1.54) is 25.7 Å². The average Bonchev–Trinajstić information content (AvgIpc) is 2.07. The van der Waals surface area contributed by atoms with Gasteiger partial charge < -0.3 is 4.74 Å². The van der Waals surface area contributed by atoms with Gasteiger partial charge in [0.25, 0.3) is 0 Å². The van der Waals surface area contributed by atoms with Crippen molar-refractivity contribution in [2.75, 3.05) is 13.2 Å². The third-order valence-electron chi connectivity index (χ3n) is 2.21. The van der Waals surface area contributed by atoms with Gasteiger partial charge >= 0.3 is 0 Å². The third kappa shape index (κ3) is 3.57. The van der Waals surface area contributed by atoms with Crippen molar-refractivity contribution in [2.45, 2.75) is 32.6 Å². The molecule has 0 atom stereocenters. The minimum Gasteiger partial charge on any atom is -0.381 e. The molecule has 0 radical (unpaired) electrons. The summed E-state index contributed by atoms with van der Waals surface area (Å²) in [5.74, 6) is 0.895. The van der Waals surface area contributed by atoms with Gasteiger partial charge in [0.1, 0.15) is 0 Å². The third-order valence-corrected chi connectivity index (χ3v) is 2.21. The van der Waals surface area contributed by atoms with E-state index >= 15 is 0 Å². The van der Waals surface area contributed by atoms with Crippen molar-refractivity contribution in [2.24, 2.45) is 5.92 Å². The maximum Gasteiger partial charge on any atom is 0.0468 e. The zero-order chi connectivity index (χ0) is 7.94. The lowest BCUT2D eigenvalue weighted by Crippen LogP contribution is -2.14. The van der Waals surface area contributed by atoms with Crippen LogP contribution in [0.1, 0.15) is 32.6 Å². The van der Waals surface area contributed by atoms with Gasteiger partial charge in [-0.2, -0.15) is 0 Å². The molecule has 1 aliphatic heterocycles. The Balaban J connectivity index is 2.09. The molecule has 0 bridgehead atoms. The van der Waals surface area contributed by atoms with Gasteiger partial charge in [-0.05, 0) is 31.6 Å². The fourth-order valence-corrected chi connectivity index (χ4v) is 1.44. The van der Waals surface area contributed by atoms with Crippen LogP contribution in [0.3, 0.4) is 0 Å². The molecule has 1 fully saturated rings. The minimum absolute atomic E-state index is 0.895. The Kier molecular flexibility index (Phi) is 4.29. The molecule has 64 valence electrons. The van der Waals surface area contributed by atoms with Crippen molar-refractivity contribution in [3.8, 4) is 0 Å². The highest BCUT2D eigenvalue weighted by Crippen LogP contribution is 2.18. The first-order valence-corrected chi connectivity index (χ1v) is 4.66. The number of ether oxygens (including phenoxy) is 1. The van der Waals surface area contributed by atoms with E-state index in [2.05, 4.69) is 19.1 Å². The summed E-state index contributed by atoms with van der Waals surface area (Å²) in [5, 5.41) is 0. The van der Waals surface area contributed by atoms with Crippen LogP contribution in [0.4, 0.5) is 0 Å². The largest absolute Gasteiger partial charge is 0.381 e. The summed E-state index contributed by atoms with van der Waals surface area (Å²) < 4.78 is 5.28. The fourth-order valence-electron chi connectivity index (χ4n) is 1.44. The molecule has 0 spiro atoms. The monoisotopic (exact) mass is 154 g/mol. The first-order chi connectivity index (χ1) is 5.43. The topological polar surface area (TPSA) is 9.23 Å². The summed E-state index contributed by atoms with van der Waals surface area (Å²) >= 11 is 0. The van der Waals surface area contributed by atoms with Crippen LogP contribution in [0.15, 0.2) is 12.2 Å². The smallest absolute Gasteiger partial charge is 0.0468 e. The second-order valence-electron chi connectivity index (χ2n) is 3.17. The summed E-state index contributed by atoms with van der Waals surface area (Å²) in [4.78, 5) is 0. The number of hydrogen-bond donors (Lipinski definition) is 0. The molecule has 0 unspecified atom stereocenters. The molecule has 0 amide bonds. The molecule has 1 saturated heterocycles. The van der Waals surface area contributed by atoms with Crippen molar-refractivity contribution >= 4 is 0 Å². The molecule has 0 aromatic carbocycles. The second-order valence-corrected chi connectivity index (χ2v) is 3.17. The number of hydrogen-bond acceptors (Lipinski definition) is 1. The average molecular weight is 154 g/mol. The van der Waals surface area contributed by atoms with Crippen LogP contribution >= 0.6 is 0 Å². The Labute approximate surface area is 69.4 Å². The van der Waals surface area contributed by atoms with Crippen LogP contribution < -0.4 is 0 Å². The highest BCUT2D eigenvalue weighted by molar-refractivity contribution is 4.83. The van der Waals surface area contributed by atoms with Gasteiger partial charge in [0, 0.05) is 13.2 Å². The predicted octanol–water partition coefficient (Wildman–Crippen LogP) is 2.77. The molecule has 11 heavy (non-hydrogen) atoms. The van der Waals surface area contributed by atoms with E-state index in [0.29, 0.717) is 0 Å². The Morgan fingerprint density at radius 1 is 1.27 bits per heavy atom. The predicted molar refractivity (Wildman–Crippen MR) is 47.6 cm³/mol. The van der Waals surface area contributed by atoms with E-state index in [-0.39, 0.29) is 0 Å². The van der Waals surface area contributed by atoms with Gasteiger partial charge in [0.05, 0.1) is 0 Å². The normalized spacial score (nSPS) is 21.2. The lowest BCUT2D eigenvalue weighted by Gasteiger charge is -2.20. The van der Waals surface area contributed by atoms with Gasteiger partial charge in [-0.25, -0.2) is 0 Å². The first-order valence-electron chi connectivity index (χ1n) is 4.66. The fraction of sp³-hybridized carbons (Fsp3) is 0.800. The zero-order valence-electron chi connectivity index (χ0n) is 7.38. The summed E-state index contributed by atoms with van der Waals surface area (Å²) in [5.41, 5.74) is 0. The van der Waals surface area contributed by atoms with Crippen molar-refractivity contribution in [1.82, 2.24) is 0 Å². The van der Waals surface area contributed by atoms with E-state index in [0.717, 1.165) is 19.1 Å². The summed E-state index contributed by atoms with van der Waals surface area (Å²) in [6, 6.07) is 0. The molecular formula is C10H18O. The standard InChI is InChI=1S/C10H18O/c1-2-3-4-5-10-6-8-11-9-7-10/h3-4,10H,2,5-9H2,1H3/b4-3+. The Morgan fingerprint density at radius 3 is 2.64 bits per heavy atom. The quantitative estimate of drug-likeness (QED) is 0.568. The molecule has 1 heterocycles. The summed E-state index contributed by atoms with van der Waals surface area (Å²) in [6.07, 6.45) is 9.52. The molecule has 0 aliphatic carbocycles. The van der Waals surface area contributed by atoms with Gasteiger partial charge in [0.15, 0.2) is 0 Å². The second kappa shape index (κ2) is 5.36. The zero-order valence-corrected chi connectivity index (χ0v) is 7.38. The maximum atomic E-state index is 5.28. The summed E-state index contributed by atoms with van der Waals surface area (Å²) in [7, 11) is 0. The Bertz CT molecular complexity index is 112. The lowest BCUT2D eigenvalue weighted by atomic mass is 9.96. The Hall–Kier alpha value is -0.300. The van der Waals surface area contributed by atoms with Crippen LogP contribution in [0.5, 0.6) is 0 Å². The van der Waals surface area contributed by atoms with Crippen LogP contribution in [-0.4, -0.2) is 13.2 Å². The van der Waals surface area contributed by atoms with Crippen LogP contribution in [-0.2, 0) is 4.74 Å². The molecule has 0 aromatic heterocycles. The summed E-state index contributed by atoms with van der Waals surface area (Å²) in [6.45, 7) is 4.13. The highest BCUT2D eigenvalue weighted by atomic mass is 16.5. The number of allylic oxidation sites excluding steroid dienone is 2. The van der Waals surface area contributed by atoms with Crippen molar-refractivity contribution in [3.63, 3.8) is 0 Å². The first kappa shape index (κ1) is 8.79. The minimum atomic E-state index is 0.895. The number of rotatable bonds is 3. The van der Waals surface area contributed by atoms with Gasteiger partial charge in [-0.15, -0.1) is 0 Å². The van der Waals surface area contributed by atoms with Crippen molar-refractivity contribution < 1.29 is 4.74 Å². The van der Waals surface area contributed by atoms with Gasteiger partial charge in [-0.3, -0.25) is 0 Å². The molecule has 0 aromatic rings. The van der Waals surface area contributed by atoms with E-state index in [9.17, 15) is 0 Å². The molecule has 1 heteroatoms. The van der Waals surface area contributed by atoms with Gasteiger partial charge in [-0.1, -0.05) is 19.1 Å².